The lowest BCUT2D eigenvalue weighted by Gasteiger charge is -2.27. The standard InChI is InChI=1S/C17H25NO4.C12H11NO5.C5H8O2.CH4/c1-4-14(3)18(12-11-16(19)21-5-2)17(20)22-13-15-9-7-6-8-10-15;14-10-6-7-11(15)13(10)18-12(16)17-8-9-4-2-1-3-5-9;1-3-5(6)7-4-2;/h6-10,14H,4-5,11-13H2,1-3H3;1-5H,6-8H2;3H,1,4H2,2H3;1H4. The van der Waals surface area contributed by atoms with Gasteiger partial charge in [-0.25, -0.2) is 14.4 Å². The summed E-state index contributed by atoms with van der Waals surface area (Å²) >= 11 is 0. The third kappa shape index (κ3) is 17.5. The Morgan fingerprint density at radius 1 is 0.812 bits per heavy atom. The summed E-state index contributed by atoms with van der Waals surface area (Å²) in [5.41, 5.74) is 1.72. The zero-order valence-electron chi connectivity index (χ0n) is 27.4. The first-order valence-corrected chi connectivity index (χ1v) is 15.2. The molecule has 0 bridgehead atoms. The third-order valence-corrected chi connectivity index (χ3v) is 6.25. The Kier molecular flexibility index (Phi) is 22.3. The molecule has 0 aliphatic carbocycles. The summed E-state index contributed by atoms with van der Waals surface area (Å²) in [6, 6.07) is 18.5. The minimum atomic E-state index is -1.07. The number of hydroxylamine groups is 2. The summed E-state index contributed by atoms with van der Waals surface area (Å²) in [6.07, 6.45) is 0.769. The van der Waals surface area contributed by atoms with E-state index in [0.717, 1.165) is 23.6 Å². The number of amides is 3. The summed E-state index contributed by atoms with van der Waals surface area (Å²) in [7, 11) is 0. The fourth-order valence-corrected chi connectivity index (χ4v) is 3.64. The Bertz CT molecular complexity index is 1270. The van der Waals surface area contributed by atoms with Crippen LogP contribution in [0.3, 0.4) is 0 Å². The minimum Gasteiger partial charge on any atom is -0.466 e. The first-order valence-electron chi connectivity index (χ1n) is 15.2. The SMILES string of the molecule is C.C=CC(=O)OCC.CCOC(=O)CCN(C(=O)OCc1ccccc1)C(C)CC.O=C(OCc1ccccc1)ON1C(=O)CCC1=O. The van der Waals surface area contributed by atoms with Crippen LogP contribution in [0.5, 0.6) is 0 Å². The van der Waals surface area contributed by atoms with Gasteiger partial charge in [0.05, 0.1) is 19.6 Å². The molecule has 1 saturated heterocycles. The van der Waals surface area contributed by atoms with Crippen molar-refractivity contribution in [1.29, 1.82) is 0 Å². The molecule has 13 nitrogen and oxygen atoms in total. The molecule has 0 radical (unpaired) electrons. The Balaban J connectivity index is 0.000000764. The van der Waals surface area contributed by atoms with Crippen molar-refractivity contribution in [3.63, 3.8) is 0 Å². The second-order valence-electron chi connectivity index (χ2n) is 9.70. The van der Waals surface area contributed by atoms with Gasteiger partial charge < -0.3 is 23.8 Å². The van der Waals surface area contributed by atoms with E-state index in [1.165, 1.54) is 0 Å². The number of esters is 2. The molecule has 2 aromatic carbocycles. The predicted molar refractivity (Wildman–Crippen MR) is 177 cm³/mol. The van der Waals surface area contributed by atoms with Crippen molar-refractivity contribution >= 4 is 36.0 Å². The van der Waals surface area contributed by atoms with Crippen LogP contribution in [0.1, 0.15) is 71.9 Å². The molecule has 0 saturated carbocycles. The topological polar surface area (TPSA) is 155 Å². The second kappa shape index (κ2) is 25.0. The van der Waals surface area contributed by atoms with Crippen molar-refractivity contribution in [1.82, 2.24) is 9.96 Å². The molecule has 264 valence electrons. The van der Waals surface area contributed by atoms with Crippen LogP contribution in [-0.4, -0.2) is 71.8 Å². The van der Waals surface area contributed by atoms with Crippen LogP contribution in [0, 0.1) is 0 Å². The van der Waals surface area contributed by atoms with Gasteiger partial charge in [0.15, 0.2) is 0 Å². The molecule has 2 aromatic rings. The van der Waals surface area contributed by atoms with Gasteiger partial charge in [0.25, 0.3) is 11.8 Å². The summed E-state index contributed by atoms with van der Waals surface area (Å²) in [4.78, 5) is 73.5. The van der Waals surface area contributed by atoms with Gasteiger partial charge in [-0.15, -0.1) is 0 Å². The van der Waals surface area contributed by atoms with Crippen LogP contribution in [-0.2, 0) is 56.2 Å². The highest BCUT2D eigenvalue weighted by atomic mass is 16.8. The highest BCUT2D eigenvalue weighted by Crippen LogP contribution is 2.13. The van der Waals surface area contributed by atoms with E-state index in [4.69, 9.17) is 14.2 Å². The van der Waals surface area contributed by atoms with Crippen molar-refractivity contribution in [2.24, 2.45) is 0 Å². The lowest BCUT2D eigenvalue weighted by molar-refractivity contribution is -0.177. The van der Waals surface area contributed by atoms with Crippen LogP contribution in [0.2, 0.25) is 0 Å². The van der Waals surface area contributed by atoms with Gasteiger partial charge in [-0.1, -0.05) is 86.7 Å². The van der Waals surface area contributed by atoms with Crippen molar-refractivity contribution < 1.29 is 52.6 Å². The van der Waals surface area contributed by atoms with Crippen molar-refractivity contribution in [2.75, 3.05) is 19.8 Å². The molecular formula is C35H48N2O11. The van der Waals surface area contributed by atoms with Crippen molar-refractivity contribution in [3.8, 4) is 0 Å². The van der Waals surface area contributed by atoms with E-state index in [9.17, 15) is 28.8 Å². The Morgan fingerprint density at radius 3 is 1.75 bits per heavy atom. The monoisotopic (exact) mass is 672 g/mol. The molecule has 1 aliphatic rings. The normalized spacial score (nSPS) is 12.0. The number of ether oxygens (including phenoxy) is 4. The Labute approximate surface area is 282 Å². The van der Waals surface area contributed by atoms with E-state index in [2.05, 4.69) is 16.2 Å². The van der Waals surface area contributed by atoms with Crippen molar-refractivity contribution in [3.05, 3.63) is 84.4 Å². The van der Waals surface area contributed by atoms with Crippen molar-refractivity contribution in [2.45, 2.75) is 80.1 Å². The Hall–Kier alpha value is -5.20. The molecule has 0 N–H and O–H groups in total. The lowest BCUT2D eigenvalue weighted by Crippen LogP contribution is -2.40. The molecular weight excluding hydrogens is 624 g/mol. The fraction of sp³-hybridized carbons (Fsp3) is 0.429. The average molecular weight is 673 g/mol. The molecule has 48 heavy (non-hydrogen) atoms. The molecule has 1 fully saturated rings. The van der Waals surface area contributed by atoms with E-state index in [0.29, 0.717) is 24.8 Å². The minimum absolute atomic E-state index is 0. The quantitative estimate of drug-likeness (QED) is 0.104. The first kappa shape index (κ1) is 42.8. The first-order chi connectivity index (χ1) is 22.6. The van der Waals surface area contributed by atoms with Crippen LogP contribution in [0.25, 0.3) is 0 Å². The van der Waals surface area contributed by atoms with E-state index < -0.39 is 24.1 Å². The maximum Gasteiger partial charge on any atom is 0.534 e. The van der Waals surface area contributed by atoms with Gasteiger partial charge in [0.2, 0.25) is 0 Å². The smallest absolute Gasteiger partial charge is 0.466 e. The van der Waals surface area contributed by atoms with Crippen LogP contribution >= 0.6 is 0 Å². The zero-order valence-corrected chi connectivity index (χ0v) is 27.4. The van der Waals surface area contributed by atoms with Crippen LogP contribution in [0.4, 0.5) is 9.59 Å². The van der Waals surface area contributed by atoms with E-state index in [1.54, 1.807) is 43.0 Å². The summed E-state index contributed by atoms with van der Waals surface area (Å²) in [5, 5.41) is 0.452. The molecule has 0 spiro atoms. The number of hydrogen-bond donors (Lipinski definition) is 0. The largest absolute Gasteiger partial charge is 0.534 e. The summed E-state index contributed by atoms with van der Waals surface area (Å²) in [5.74, 6) is -1.72. The highest BCUT2D eigenvalue weighted by molar-refractivity contribution is 6.01. The number of nitrogens with zero attached hydrogens (tertiary/aromatic N) is 2. The van der Waals surface area contributed by atoms with E-state index in [1.807, 2.05) is 50.2 Å². The number of carbonyl (C=O) groups excluding carboxylic acids is 6. The molecule has 3 rings (SSSR count). The lowest BCUT2D eigenvalue weighted by atomic mass is 10.2. The number of rotatable bonds is 13. The van der Waals surface area contributed by atoms with Gasteiger partial charge in [-0.05, 0) is 38.3 Å². The zero-order chi connectivity index (χ0) is 35.0. The van der Waals surface area contributed by atoms with Gasteiger partial charge >= 0.3 is 24.2 Å². The molecule has 3 amide bonds. The third-order valence-electron chi connectivity index (χ3n) is 6.25. The van der Waals surface area contributed by atoms with Gasteiger partial charge in [-0.3, -0.25) is 19.2 Å². The predicted octanol–water partition coefficient (Wildman–Crippen LogP) is 6.15. The maximum absolute atomic E-state index is 12.2. The molecule has 1 heterocycles. The maximum atomic E-state index is 12.2. The van der Waals surface area contributed by atoms with E-state index >= 15 is 0 Å². The number of imide groups is 1. The Morgan fingerprint density at radius 2 is 1.31 bits per heavy atom. The van der Waals surface area contributed by atoms with E-state index in [-0.39, 0.29) is 57.9 Å². The number of hydrogen-bond acceptors (Lipinski definition) is 11. The highest BCUT2D eigenvalue weighted by Gasteiger charge is 2.33. The van der Waals surface area contributed by atoms with Gasteiger partial charge in [0, 0.05) is 31.5 Å². The number of benzene rings is 2. The van der Waals surface area contributed by atoms with Gasteiger partial charge in [-0.2, -0.15) is 0 Å². The second-order valence-corrected chi connectivity index (χ2v) is 9.70. The summed E-state index contributed by atoms with van der Waals surface area (Å²) in [6.45, 7) is 12.0. The van der Waals surface area contributed by atoms with Crippen LogP contribution < -0.4 is 0 Å². The van der Waals surface area contributed by atoms with Crippen LogP contribution in [0.15, 0.2) is 73.3 Å². The average Bonchev–Trinajstić information content (AvgIpc) is 3.40. The molecule has 1 unspecified atom stereocenters. The summed E-state index contributed by atoms with van der Waals surface area (Å²) < 4.78 is 19.5. The molecule has 1 aliphatic heterocycles. The number of carbonyl (C=O) groups is 6. The molecule has 0 aromatic heterocycles. The fourth-order valence-electron chi connectivity index (χ4n) is 3.64. The molecule has 13 heteroatoms. The molecule has 1 atom stereocenters. The van der Waals surface area contributed by atoms with Gasteiger partial charge in [0.1, 0.15) is 13.2 Å².